The second kappa shape index (κ2) is 5.31. The summed E-state index contributed by atoms with van der Waals surface area (Å²) in [6, 6.07) is 3.77. The summed E-state index contributed by atoms with van der Waals surface area (Å²) in [7, 11) is 0. The first-order valence-corrected chi connectivity index (χ1v) is 6.35. The van der Waals surface area contributed by atoms with Crippen molar-refractivity contribution in [2.45, 2.75) is 45.6 Å². The van der Waals surface area contributed by atoms with Gasteiger partial charge in [0.2, 0.25) is 0 Å². The summed E-state index contributed by atoms with van der Waals surface area (Å²) in [6.45, 7) is 6.37. The third kappa shape index (κ3) is 3.34. The van der Waals surface area contributed by atoms with E-state index in [9.17, 15) is 4.79 Å². The number of rotatable bonds is 5. The molecule has 1 N–H and O–H groups in total. The Morgan fingerprint density at radius 2 is 2.27 bits per heavy atom. The van der Waals surface area contributed by atoms with E-state index in [1.165, 1.54) is 11.3 Å². The molecule has 0 radical (unpaired) electrons. The van der Waals surface area contributed by atoms with Crippen LogP contribution >= 0.6 is 11.3 Å². The Balaban J connectivity index is 2.63. The van der Waals surface area contributed by atoms with Gasteiger partial charge in [-0.2, -0.15) is 0 Å². The molecule has 0 fully saturated rings. The second-order valence-corrected chi connectivity index (χ2v) is 5.04. The number of carbonyl (C=O) groups is 1. The van der Waals surface area contributed by atoms with Gasteiger partial charge < -0.3 is 5.32 Å². The maximum Gasteiger partial charge on any atom is 0.261 e. The Bertz CT molecular complexity index is 307. The fraction of sp³-hybridized carbons (Fsp3) is 0.583. The summed E-state index contributed by atoms with van der Waals surface area (Å²) in [5.74, 6) is 0.0581. The van der Waals surface area contributed by atoms with Gasteiger partial charge in [0.15, 0.2) is 0 Å². The van der Waals surface area contributed by atoms with Crippen LogP contribution in [0.5, 0.6) is 0 Å². The van der Waals surface area contributed by atoms with Gasteiger partial charge in [0.25, 0.3) is 5.91 Å². The lowest BCUT2D eigenvalue weighted by atomic mass is 9.93. The normalized spacial score (nSPS) is 14.6. The van der Waals surface area contributed by atoms with Crippen molar-refractivity contribution in [1.29, 1.82) is 0 Å². The molecule has 2 nitrogen and oxygen atoms in total. The van der Waals surface area contributed by atoms with Crippen molar-refractivity contribution in [3.05, 3.63) is 22.4 Å². The minimum Gasteiger partial charge on any atom is -0.346 e. The van der Waals surface area contributed by atoms with Crippen LogP contribution in [0.3, 0.4) is 0 Å². The van der Waals surface area contributed by atoms with E-state index in [4.69, 9.17) is 0 Å². The van der Waals surface area contributed by atoms with Gasteiger partial charge in [0.05, 0.1) is 4.88 Å². The van der Waals surface area contributed by atoms with E-state index in [1.807, 2.05) is 17.5 Å². The van der Waals surface area contributed by atoms with Crippen LogP contribution in [-0.4, -0.2) is 11.4 Å². The van der Waals surface area contributed by atoms with Gasteiger partial charge in [-0.1, -0.05) is 26.3 Å². The Kier molecular flexibility index (Phi) is 4.33. The lowest BCUT2D eigenvalue weighted by Crippen LogP contribution is -2.45. The van der Waals surface area contributed by atoms with Crippen molar-refractivity contribution in [3.8, 4) is 0 Å². The zero-order valence-electron chi connectivity index (χ0n) is 9.67. The minimum absolute atomic E-state index is 0.0581. The number of thiophene rings is 1. The maximum atomic E-state index is 11.9. The molecule has 0 aromatic carbocycles. The SMILES string of the molecule is CCCC(C)(CC)NC(=O)c1cccs1. The third-order valence-electron chi connectivity index (χ3n) is 2.74. The largest absolute Gasteiger partial charge is 0.346 e. The average Bonchev–Trinajstić information content (AvgIpc) is 2.71. The van der Waals surface area contributed by atoms with Gasteiger partial charge in [-0.15, -0.1) is 11.3 Å². The Morgan fingerprint density at radius 1 is 1.53 bits per heavy atom. The van der Waals surface area contributed by atoms with E-state index in [1.54, 1.807) is 0 Å². The third-order valence-corrected chi connectivity index (χ3v) is 3.61. The summed E-state index contributed by atoms with van der Waals surface area (Å²) >= 11 is 1.49. The molecule has 0 spiro atoms. The predicted molar refractivity (Wildman–Crippen MR) is 65.4 cm³/mol. The topological polar surface area (TPSA) is 29.1 Å². The number of hydrogen-bond acceptors (Lipinski definition) is 2. The van der Waals surface area contributed by atoms with Crippen molar-refractivity contribution in [1.82, 2.24) is 5.32 Å². The molecule has 0 bridgehead atoms. The summed E-state index contributed by atoms with van der Waals surface area (Å²) in [5.41, 5.74) is -0.0597. The van der Waals surface area contributed by atoms with Gasteiger partial charge in [-0.05, 0) is 31.2 Å². The van der Waals surface area contributed by atoms with E-state index >= 15 is 0 Å². The van der Waals surface area contributed by atoms with Crippen LogP contribution in [0.1, 0.15) is 49.7 Å². The minimum atomic E-state index is -0.0597. The van der Waals surface area contributed by atoms with Crippen molar-refractivity contribution < 1.29 is 4.79 Å². The second-order valence-electron chi connectivity index (χ2n) is 4.10. The van der Waals surface area contributed by atoms with E-state index in [0.29, 0.717) is 0 Å². The first kappa shape index (κ1) is 12.2. The molecule has 0 aliphatic rings. The molecular weight excluding hydrogens is 206 g/mol. The summed E-state index contributed by atoms with van der Waals surface area (Å²) in [6.07, 6.45) is 3.09. The number of hydrogen-bond donors (Lipinski definition) is 1. The fourth-order valence-electron chi connectivity index (χ4n) is 1.62. The van der Waals surface area contributed by atoms with Crippen molar-refractivity contribution in [2.24, 2.45) is 0 Å². The van der Waals surface area contributed by atoms with Crippen molar-refractivity contribution in [3.63, 3.8) is 0 Å². The van der Waals surface area contributed by atoms with Crippen LogP contribution in [0.25, 0.3) is 0 Å². The van der Waals surface area contributed by atoms with Crippen LogP contribution in [0.15, 0.2) is 17.5 Å². The Hall–Kier alpha value is -0.830. The lowest BCUT2D eigenvalue weighted by Gasteiger charge is -2.29. The van der Waals surface area contributed by atoms with E-state index < -0.39 is 0 Å². The van der Waals surface area contributed by atoms with Crippen LogP contribution in [0.2, 0.25) is 0 Å². The first-order chi connectivity index (χ1) is 7.11. The van der Waals surface area contributed by atoms with Gasteiger partial charge in [0, 0.05) is 5.54 Å². The zero-order chi connectivity index (χ0) is 11.3. The average molecular weight is 225 g/mol. The zero-order valence-corrected chi connectivity index (χ0v) is 10.5. The lowest BCUT2D eigenvalue weighted by molar-refractivity contribution is 0.0902. The molecule has 1 atom stereocenters. The summed E-state index contributed by atoms with van der Waals surface area (Å²) in [5, 5.41) is 5.05. The fourth-order valence-corrected chi connectivity index (χ4v) is 2.24. The summed E-state index contributed by atoms with van der Waals surface area (Å²) < 4.78 is 0. The predicted octanol–water partition coefficient (Wildman–Crippen LogP) is 3.45. The molecule has 0 aliphatic carbocycles. The standard InChI is InChI=1S/C12H19NOS/c1-4-8-12(3,5-2)13-11(14)10-7-6-9-15-10/h6-7,9H,4-5,8H2,1-3H3,(H,13,14). The number of amides is 1. The number of carbonyl (C=O) groups excluding carboxylic acids is 1. The molecule has 0 saturated carbocycles. The van der Waals surface area contributed by atoms with Crippen LogP contribution in [-0.2, 0) is 0 Å². The van der Waals surface area contributed by atoms with E-state index in [0.717, 1.165) is 24.1 Å². The van der Waals surface area contributed by atoms with Gasteiger partial charge in [-0.3, -0.25) is 4.79 Å². The highest BCUT2D eigenvalue weighted by Crippen LogP contribution is 2.18. The molecule has 3 heteroatoms. The highest BCUT2D eigenvalue weighted by Gasteiger charge is 2.23. The molecule has 1 amide bonds. The van der Waals surface area contributed by atoms with Gasteiger partial charge in [-0.25, -0.2) is 0 Å². The van der Waals surface area contributed by atoms with Gasteiger partial charge in [0.1, 0.15) is 0 Å². The molecular formula is C12H19NOS. The molecule has 0 saturated heterocycles. The molecule has 1 aromatic heterocycles. The van der Waals surface area contributed by atoms with Crippen LogP contribution in [0, 0.1) is 0 Å². The number of nitrogens with one attached hydrogen (secondary N) is 1. The molecule has 1 heterocycles. The van der Waals surface area contributed by atoms with Crippen LogP contribution < -0.4 is 5.32 Å². The van der Waals surface area contributed by atoms with Crippen LogP contribution in [0.4, 0.5) is 0 Å². The van der Waals surface area contributed by atoms with Crippen molar-refractivity contribution >= 4 is 17.2 Å². The highest BCUT2D eigenvalue weighted by atomic mass is 32.1. The molecule has 15 heavy (non-hydrogen) atoms. The monoisotopic (exact) mass is 225 g/mol. The Labute approximate surface area is 95.7 Å². The quantitative estimate of drug-likeness (QED) is 0.817. The summed E-state index contributed by atoms with van der Waals surface area (Å²) in [4.78, 5) is 12.7. The van der Waals surface area contributed by atoms with E-state index in [2.05, 4.69) is 26.1 Å². The molecule has 1 aromatic rings. The first-order valence-electron chi connectivity index (χ1n) is 5.47. The Morgan fingerprint density at radius 3 is 2.73 bits per heavy atom. The smallest absolute Gasteiger partial charge is 0.261 e. The molecule has 1 unspecified atom stereocenters. The maximum absolute atomic E-state index is 11.9. The van der Waals surface area contributed by atoms with Crippen molar-refractivity contribution in [2.75, 3.05) is 0 Å². The molecule has 0 aliphatic heterocycles. The molecule has 84 valence electrons. The van der Waals surface area contributed by atoms with Gasteiger partial charge >= 0.3 is 0 Å². The van der Waals surface area contributed by atoms with E-state index in [-0.39, 0.29) is 11.4 Å². The molecule has 1 rings (SSSR count). The highest BCUT2D eigenvalue weighted by molar-refractivity contribution is 7.12.